The van der Waals surface area contributed by atoms with Crippen LogP contribution in [-0.4, -0.2) is 47.1 Å². The summed E-state index contributed by atoms with van der Waals surface area (Å²) in [5, 5.41) is 3.45. The first kappa shape index (κ1) is 23.0. The number of aromatic nitrogens is 2. The number of rotatable bonds is 4. The molecular weight excluding hydrogens is 414 g/mol. The number of ether oxygens (including phenoxy) is 2. The number of amides is 1. The third-order valence-electron chi connectivity index (χ3n) is 5.62. The van der Waals surface area contributed by atoms with Gasteiger partial charge in [0.05, 0.1) is 26.1 Å². The Hall–Kier alpha value is -2.65. The molecule has 166 valence electrons. The Morgan fingerprint density at radius 2 is 2.10 bits per heavy atom. The van der Waals surface area contributed by atoms with Crippen LogP contribution in [0.4, 0.5) is 5.69 Å². The Balaban J connectivity index is 0.00000132. The second-order valence-electron chi connectivity index (χ2n) is 7.44. The predicted octanol–water partition coefficient (Wildman–Crippen LogP) is 3.45. The summed E-state index contributed by atoms with van der Waals surface area (Å²) in [7, 11) is 1.50. The van der Waals surface area contributed by atoms with E-state index >= 15 is 0 Å². The van der Waals surface area contributed by atoms with Crippen LogP contribution in [0.25, 0.3) is 0 Å². The summed E-state index contributed by atoms with van der Waals surface area (Å²) in [6.07, 6.45) is 3.69. The van der Waals surface area contributed by atoms with E-state index in [1.807, 2.05) is 38.1 Å². The molecule has 8 nitrogen and oxygen atoms in total. The summed E-state index contributed by atoms with van der Waals surface area (Å²) in [5.41, 5.74) is 7.29. The van der Waals surface area contributed by atoms with Gasteiger partial charge in [0.2, 0.25) is 5.88 Å². The molecule has 2 atom stereocenters. The zero-order chi connectivity index (χ0) is 22.5. The number of nitrogens with one attached hydrogen (secondary N) is 1. The van der Waals surface area contributed by atoms with E-state index in [0.717, 1.165) is 17.7 Å². The van der Waals surface area contributed by atoms with Crippen molar-refractivity contribution in [2.45, 2.75) is 32.7 Å². The Labute approximate surface area is 187 Å². The first-order valence-corrected chi connectivity index (χ1v) is 11.3. The highest BCUT2D eigenvalue weighted by molar-refractivity contribution is 8.13. The Morgan fingerprint density at radius 3 is 2.81 bits per heavy atom. The van der Waals surface area contributed by atoms with Gasteiger partial charge in [-0.05, 0) is 24.1 Å². The monoisotopic (exact) mass is 443 g/mol. The molecule has 1 aromatic heterocycles. The van der Waals surface area contributed by atoms with Crippen LogP contribution in [0.15, 0.2) is 41.7 Å². The van der Waals surface area contributed by atoms with Crippen molar-refractivity contribution >= 4 is 28.5 Å². The fourth-order valence-corrected chi connectivity index (χ4v) is 4.87. The maximum Gasteiger partial charge on any atom is 0.275 e. The molecule has 2 aliphatic heterocycles. The van der Waals surface area contributed by atoms with Crippen molar-refractivity contribution in [3.05, 3.63) is 47.9 Å². The topological polar surface area (TPSA) is 112 Å². The van der Waals surface area contributed by atoms with Gasteiger partial charge in [-0.25, -0.2) is 15.0 Å². The molecule has 0 saturated carbocycles. The predicted molar refractivity (Wildman–Crippen MR) is 124 cm³/mol. The molecule has 0 bridgehead atoms. The number of carbonyl (C=O) groups is 1. The van der Waals surface area contributed by atoms with Crippen LogP contribution in [0, 0.1) is 5.41 Å². The zero-order valence-electron chi connectivity index (χ0n) is 18.3. The number of methoxy groups -OCH3 is 1. The van der Waals surface area contributed by atoms with Crippen LogP contribution < -0.4 is 15.8 Å². The quantitative estimate of drug-likeness (QED) is 0.744. The Bertz CT molecular complexity index is 952. The van der Waals surface area contributed by atoms with Gasteiger partial charge >= 0.3 is 0 Å². The number of hydrogen-bond acceptors (Lipinski definition) is 8. The lowest BCUT2D eigenvalue weighted by Crippen LogP contribution is -2.54. The smallest absolute Gasteiger partial charge is 0.275 e. The largest absolute Gasteiger partial charge is 0.480 e. The number of nitrogens with two attached hydrogens (primary N) is 1. The second-order valence-corrected chi connectivity index (χ2v) is 8.44. The molecule has 3 N–H and O–H groups in total. The number of nitrogens with zero attached hydrogens (tertiary/aromatic N) is 3. The molecular formula is C22H29N5O3S. The van der Waals surface area contributed by atoms with Crippen molar-refractivity contribution in [2.24, 2.45) is 16.1 Å². The van der Waals surface area contributed by atoms with Crippen molar-refractivity contribution in [1.29, 1.82) is 0 Å². The molecule has 1 saturated heterocycles. The van der Waals surface area contributed by atoms with Crippen molar-refractivity contribution in [3.63, 3.8) is 0 Å². The van der Waals surface area contributed by atoms with Crippen molar-refractivity contribution in [2.75, 3.05) is 31.4 Å². The first-order valence-electron chi connectivity index (χ1n) is 10.3. The van der Waals surface area contributed by atoms with E-state index in [-0.39, 0.29) is 17.0 Å². The lowest BCUT2D eigenvalue weighted by Gasteiger charge is -2.51. The van der Waals surface area contributed by atoms with E-state index in [0.29, 0.717) is 29.9 Å². The molecule has 31 heavy (non-hydrogen) atoms. The van der Waals surface area contributed by atoms with Gasteiger partial charge in [0.1, 0.15) is 11.2 Å². The minimum Gasteiger partial charge on any atom is -0.480 e. The van der Waals surface area contributed by atoms with E-state index < -0.39 is 5.54 Å². The maximum atomic E-state index is 12.6. The number of hydrogen-bond donors (Lipinski definition) is 2. The molecule has 0 unspecified atom stereocenters. The lowest BCUT2D eigenvalue weighted by molar-refractivity contribution is -0.0424. The highest BCUT2D eigenvalue weighted by atomic mass is 32.2. The Kier molecular flexibility index (Phi) is 7.17. The summed E-state index contributed by atoms with van der Waals surface area (Å²) >= 11 is 1.59. The lowest BCUT2D eigenvalue weighted by atomic mass is 9.65. The number of benzene rings is 1. The standard InChI is InChI=1S/C20H23N5O3S.C2H6/c1-19-6-7-28-11-20(19,25-18(21)29-12-19)13-4-3-5-14(8-13)24-17(26)15-9-23-16(27-2)10-22-15;1-2/h3-5,8-10H,6-7,11-12H2,1-2H3,(H2,21,25)(H,24,26);1-2H3/t19-,20+;/m0./s1. The van der Waals surface area contributed by atoms with Gasteiger partial charge in [0.25, 0.3) is 5.91 Å². The van der Waals surface area contributed by atoms with Gasteiger partial charge in [0, 0.05) is 23.5 Å². The molecule has 1 amide bonds. The molecule has 9 heteroatoms. The third-order valence-corrected chi connectivity index (χ3v) is 6.78. The molecule has 0 aliphatic carbocycles. The fourth-order valence-electron chi connectivity index (χ4n) is 3.80. The van der Waals surface area contributed by atoms with E-state index in [1.165, 1.54) is 19.5 Å². The van der Waals surface area contributed by atoms with Gasteiger partial charge in [-0.3, -0.25) is 4.79 Å². The minimum atomic E-state index is -0.568. The summed E-state index contributed by atoms with van der Waals surface area (Å²) in [6, 6.07) is 7.69. The van der Waals surface area contributed by atoms with E-state index in [9.17, 15) is 4.79 Å². The van der Waals surface area contributed by atoms with Crippen LogP contribution in [0.3, 0.4) is 0 Å². The summed E-state index contributed by atoms with van der Waals surface area (Å²) in [5.74, 6) is 0.883. The number of aliphatic imine (C=N–C) groups is 1. The van der Waals surface area contributed by atoms with Crippen LogP contribution in [0.2, 0.25) is 0 Å². The molecule has 0 radical (unpaired) electrons. The highest BCUT2D eigenvalue weighted by Crippen LogP contribution is 2.53. The van der Waals surface area contributed by atoms with Crippen molar-refractivity contribution < 1.29 is 14.3 Å². The molecule has 1 fully saturated rings. The maximum absolute atomic E-state index is 12.6. The van der Waals surface area contributed by atoms with Crippen LogP contribution in [0.5, 0.6) is 5.88 Å². The highest BCUT2D eigenvalue weighted by Gasteiger charge is 2.54. The zero-order valence-corrected chi connectivity index (χ0v) is 19.2. The number of amidine groups is 1. The summed E-state index contributed by atoms with van der Waals surface area (Å²) < 4.78 is 10.8. The van der Waals surface area contributed by atoms with E-state index in [4.69, 9.17) is 20.2 Å². The second kappa shape index (κ2) is 9.65. The SMILES string of the molecule is CC.COc1cnc(C(=O)Nc2cccc([C@]34COCC[C@@]3(C)CSC(N)=N4)c2)cn1. The molecule has 1 aromatic carbocycles. The number of fused-ring (bicyclic) bond motifs is 1. The number of thioether (sulfide) groups is 1. The molecule has 0 spiro atoms. The van der Waals surface area contributed by atoms with Crippen LogP contribution in [0.1, 0.15) is 43.2 Å². The van der Waals surface area contributed by atoms with Crippen LogP contribution >= 0.6 is 11.8 Å². The molecule has 2 aromatic rings. The average molecular weight is 444 g/mol. The van der Waals surface area contributed by atoms with Crippen molar-refractivity contribution in [1.82, 2.24) is 9.97 Å². The summed E-state index contributed by atoms with van der Waals surface area (Å²) in [4.78, 5) is 25.5. The third kappa shape index (κ3) is 4.52. The minimum absolute atomic E-state index is 0.0805. The molecule has 4 rings (SSSR count). The van der Waals surface area contributed by atoms with Crippen molar-refractivity contribution in [3.8, 4) is 5.88 Å². The van der Waals surface area contributed by atoms with Gasteiger partial charge in [-0.1, -0.05) is 44.7 Å². The Morgan fingerprint density at radius 1 is 1.29 bits per heavy atom. The van der Waals surface area contributed by atoms with Crippen LogP contribution in [-0.2, 0) is 10.3 Å². The van der Waals surface area contributed by atoms with Gasteiger partial charge < -0.3 is 20.5 Å². The van der Waals surface area contributed by atoms with E-state index in [2.05, 4.69) is 22.2 Å². The fraction of sp³-hybridized carbons (Fsp3) is 0.455. The van der Waals surface area contributed by atoms with Gasteiger partial charge in [0.15, 0.2) is 5.17 Å². The van der Waals surface area contributed by atoms with Gasteiger partial charge in [-0.2, -0.15) is 0 Å². The first-order chi connectivity index (χ1) is 15.0. The normalized spacial score (nSPS) is 24.7. The number of carbonyl (C=O) groups excluding carboxylic acids is 1. The van der Waals surface area contributed by atoms with E-state index in [1.54, 1.807) is 11.8 Å². The molecule has 3 heterocycles. The average Bonchev–Trinajstić information content (AvgIpc) is 2.81. The number of anilines is 1. The van der Waals surface area contributed by atoms with Gasteiger partial charge in [-0.15, -0.1) is 0 Å². The molecule has 2 aliphatic rings. The summed E-state index contributed by atoms with van der Waals surface area (Å²) in [6.45, 7) is 7.41.